The van der Waals surface area contributed by atoms with Gasteiger partial charge in [0.05, 0.1) is 19.0 Å². The van der Waals surface area contributed by atoms with E-state index in [9.17, 15) is 0 Å². The molecule has 0 radical (unpaired) electrons. The molecule has 0 unspecified atom stereocenters. The number of aromatic nitrogens is 1. The molecule has 0 amide bonds. The van der Waals surface area contributed by atoms with Gasteiger partial charge in [0, 0.05) is 14.9 Å². The summed E-state index contributed by atoms with van der Waals surface area (Å²) < 4.78 is 6.26. The van der Waals surface area contributed by atoms with Crippen LogP contribution < -0.4 is 10.2 Å². The van der Waals surface area contributed by atoms with Gasteiger partial charge in [-0.25, -0.2) is 4.98 Å². The van der Waals surface area contributed by atoms with Crippen molar-refractivity contribution in [3.63, 3.8) is 0 Å². The molecule has 1 aromatic carbocycles. The number of methoxy groups -OCH3 is 1. The van der Waals surface area contributed by atoms with Gasteiger partial charge in [0.25, 0.3) is 0 Å². The third kappa shape index (κ3) is 3.54. The summed E-state index contributed by atoms with van der Waals surface area (Å²) in [6, 6.07) is 5.77. The molecule has 1 heterocycles. The molecule has 0 aliphatic carbocycles. The van der Waals surface area contributed by atoms with Crippen LogP contribution in [0.3, 0.4) is 0 Å². The first-order valence-corrected chi connectivity index (χ1v) is 7.27. The highest BCUT2D eigenvalue weighted by molar-refractivity contribution is 9.10. The first-order chi connectivity index (χ1) is 9.10. The van der Waals surface area contributed by atoms with Gasteiger partial charge in [-0.3, -0.25) is 5.43 Å². The van der Waals surface area contributed by atoms with Crippen LogP contribution in [0.15, 0.2) is 27.8 Å². The van der Waals surface area contributed by atoms with E-state index in [-0.39, 0.29) is 0 Å². The summed E-state index contributed by atoms with van der Waals surface area (Å²) >= 11 is 5.01. The van der Waals surface area contributed by atoms with Crippen molar-refractivity contribution in [2.24, 2.45) is 5.10 Å². The van der Waals surface area contributed by atoms with Gasteiger partial charge in [-0.05, 0) is 32.0 Å². The van der Waals surface area contributed by atoms with Crippen LogP contribution in [0.2, 0.25) is 0 Å². The highest BCUT2D eigenvalue weighted by atomic mass is 79.9. The lowest BCUT2D eigenvalue weighted by Gasteiger charge is -2.04. The first-order valence-electron chi connectivity index (χ1n) is 5.67. The van der Waals surface area contributed by atoms with Crippen LogP contribution in [0, 0.1) is 13.8 Å². The minimum atomic E-state index is 0.778. The Morgan fingerprint density at radius 3 is 2.84 bits per heavy atom. The summed E-state index contributed by atoms with van der Waals surface area (Å²) in [6.07, 6.45) is 1.72. The summed E-state index contributed by atoms with van der Waals surface area (Å²) in [7, 11) is 1.64. The number of ether oxygens (including phenoxy) is 1. The zero-order valence-electron chi connectivity index (χ0n) is 10.9. The van der Waals surface area contributed by atoms with E-state index < -0.39 is 0 Å². The summed E-state index contributed by atoms with van der Waals surface area (Å²) in [4.78, 5) is 5.55. The fourth-order valence-electron chi connectivity index (χ4n) is 1.48. The van der Waals surface area contributed by atoms with Gasteiger partial charge in [-0.15, -0.1) is 11.3 Å². The molecule has 100 valence electrons. The number of hydrogen-bond acceptors (Lipinski definition) is 5. The fourth-order valence-corrected chi connectivity index (χ4v) is 2.63. The SMILES string of the molecule is COc1ccc(Br)cc1C=NNc1nc(C)c(C)s1. The number of hydrogen-bond donors (Lipinski definition) is 1. The van der Waals surface area contributed by atoms with Gasteiger partial charge in [0.15, 0.2) is 0 Å². The molecular formula is C13H14BrN3OS. The molecule has 4 nitrogen and oxygen atoms in total. The molecule has 19 heavy (non-hydrogen) atoms. The van der Waals surface area contributed by atoms with Gasteiger partial charge in [0.1, 0.15) is 5.75 Å². The maximum Gasteiger partial charge on any atom is 0.203 e. The maximum absolute atomic E-state index is 5.27. The standard InChI is InChI=1S/C13H14BrN3OS/c1-8-9(2)19-13(16-8)17-15-7-10-6-11(14)4-5-12(10)18-3/h4-7H,1-3H3,(H,16,17). The number of rotatable bonds is 4. The number of benzene rings is 1. The molecule has 2 rings (SSSR count). The van der Waals surface area contributed by atoms with Crippen LogP contribution >= 0.6 is 27.3 Å². The number of halogens is 1. The van der Waals surface area contributed by atoms with Crippen molar-refractivity contribution >= 4 is 38.6 Å². The molecule has 0 atom stereocenters. The molecule has 6 heteroatoms. The van der Waals surface area contributed by atoms with E-state index in [4.69, 9.17) is 4.74 Å². The average molecular weight is 340 g/mol. The van der Waals surface area contributed by atoms with Crippen LogP contribution in [0.25, 0.3) is 0 Å². The molecule has 0 bridgehead atoms. The molecule has 1 N–H and O–H groups in total. The number of nitrogens with zero attached hydrogens (tertiary/aromatic N) is 2. The van der Waals surface area contributed by atoms with Gasteiger partial charge < -0.3 is 4.74 Å². The molecule has 0 spiro atoms. The Hall–Kier alpha value is -1.40. The predicted molar refractivity (Wildman–Crippen MR) is 83.5 cm³/mol. The van der Waals surface area contributed by atoms with E-state index in [1.54, 1.807) is 24.7 Å². The fraction of sp³-hybridized carbons (Fsp3) is 0.231. The molecule has 1 aromatic heterocycles. The van der Waals surface area contributed by atoms with Crippen molar-refractivity contribution in [3.8, 4) is 5.75 Å². The molecule has 0 aliphatic rings. The van der Waals surface area contributed by atoms with Gasteiger partial charge in [-0.1, -0.05) is 15.9 Å². The molecule has 2 aromatic rings. The lowest BCUT2D eigenvalue weighted by atomic mass is 10.2. The number of anilines is 1. The second-order valence-corrected chi connectivity index (χ2v) is 6.04. The van der Waals surface area contributed by atoms with Crippen molar-refractivity contribution in [3.05, 3.63) is 38.8 Å². The topological polar surface area (TPSA) is 46.5 Å². The minimum Gasteiger partial charge on any atom is -0.496 e. The van der Waals surface area contributed by atoms with Crippen molar-refractivity contribution in [2.75, 3.05) is 12.5 Å². The molecule has 0 saturated carbocycles. The largest absolute Gasteiger partial charge is 0.496 e. The second-order valence-electron chi connectivity index (χ2n) is 3.92. The zero-order chi connectivity index (χ0) is 13.8. The van der Waals surface area contributed by atoms with Crippen LogP contribution in [0.5, 0.6) is 5.75 Å². The maximum atomic E-state index is 5.27. The summed E-state index contributed by atoms with van der Waals surface area (Å²) in [5, 5.41) is 4.98. The van der Waals surface area contributed by atoms with E-state index in [1.807, 2.05) is 32.0 Å². The summed E-state index contributed by atoms with van der Waals surface area (Å²) in [5.74, 6) is 0.778. The normalized spacial score (nSPS) is 10.9. The van der Waals surface area contributed by atoms with E-state index in [0.717, 1.165) is 26.6 Å². The lowest BCUT2D eigenvalue weighted by Crippen LogP contribution is -1.94. The third-order valence-corrected chi connectivity index (χ3v) is 4.05. The molecule has 0 saturated heterocycles. The molecule has 0 fully saturated rings. The Morgan fingerprint density at radius 1 is 1.42 bits per heavy atom. The quantitative estimate of drug-likeness (QED) is 0.677. The molecular weight excluding hydrogens is 326 g/mol. The van der Waals surface area contributed by atoms with Crippen LogP contribution in [0.1, 0.15) is 16.1 Å². The van der Waals surface area contributed by atoms with Gasteiger partial charge in [0.2, 0.25) is 5.13 Å². The number of thiazole rings is 1. The Balaban J connectivity index is 2.12. The third-order valence-electron chi connectivity index (χ3n) is 2.58. The van der Waals surface area contributed by atoms with Crippen LogP contribution in [-0.4, -0.2) is 18.3 Å². The Labute approximate surface area is 124 Å². The molecule has 0 aliphatic heterocycles. The van der Waals surface area contributed by atoms with Gasteiger partial charge >= 0.3 is 0 Å². The van der Waals surface area contributed by atoms with Crippen molar-refractivity contribution in [1.29, 1.82) is 0 Å². The van der Waals surface area contributed by atoms with E-state index in [1.165, 1.54) is 4.88 Å². The highest BCUT2D eigenvalue weighted by Gasteiger charge is 2.03. The minimum absolute atomic E-state index is 0.778. The number of nitrogens with one attached hydrogen (secondary N) is 1. The first kappa shape index (κ1) is 14.0. The van der Waals surface area contributed by atoms with E-state index in [2.05, 4.69) is 31.4 Å². The highest BCUT2D eigenvalue weighted by Crippen LogP contribution is 2.22. The lowest BCUT2D eigenvalue weighted by molar-refractivity contribution is 0.414. The van der Waals surface area contributed by atoms with Crippen LogP contribution in [-0.2, 0) is 0 Å². The Kier molecular flexibility index (Phi) is 4.55. The van der Waals surface area contributed by atoms with E-state index in [0.29, 0.717) is 0 Å². The van der Waals surface area contributed by atoms with Crippen molar-refractivity contribution in [1.82, 2.24) is 4.98 Å². The Bertz CT molecular complexity index is 590. The van der Waals surface area contributed by atoms with Crippen molar-refractivity contribution < 1.29 is 4.74 Å². The Morgan fingerprint density at radius 2 is 2.21 bits per heavy atom. The number of hydrazone groups is 1. The average Bonchev–Trinajstić information content (AvgIpc) is 2.69. The number of aryl methyl sites for hydroxylation is 2. The van der Waals surface area contributed by atoms with Crippen molar-refractivity contribution in [2.45, 2.75) is 13.8 Å². The summed E-state index contributed by atoms with van der Waals surface area (Å²) in [6.45, 7) is 4.03. The smallest absolute Gasteiger partial charge is 0.203 e. The monoisotopic (exact) mass is 339 g/mol. The van der Waals surface area contributed by atoms with Gasteiger partial charge in [-0.2, -0.15) is 5.10 Å². The second kappa shape index (κ2) is 6.16. The predicted octanol–water partition coefficient (Wildman–Crippen LogP) is 3.98. The van der Waals surface area contributed by atoms with E-state index >= 15 is 0 Å². The summed E-state index contributed by atoms with van der Waals surface area (Å²) in [5.41, 5.74) is 4.86. The zero-order valence-corrected chi connectivity index (χ0v) is 13.3. The van der Waals surface area contributed by atoms with Crippen LogP contribution in [0.4, 0.5) is 5.13 Å².